The molecule has 122 valence electrons. The molecule has 0 saturated carbocycles. The van der Waals surface area contributed by atoms with Gasteiger partial charge in [0, 0.05) is 18.9 Å². The van der Waals surface area contributed by atoms with Gasteiger partial charge in [-0.2, -0.15) is 0 Å². The summed E-state index contributed by atoms with van der Waals surface area (Å²) < 4.78 is 1.41. The molecular weight excluding hydrogens is 302 g/mol. The maximum Gasteiger partial charge on any atom is 0.270 e. The molecule has 1 aromatic carbocycles. The van der Waals surface area contributed by atoms with E-state index in [1.54, 1.807) is 12.3 Å². The van der Waals surface area contributed by atoms with Crippen molar-refractivity contribution in [3.8, 4) is 0 Å². The maximum atomic E-state index is 12.4. The molecule has 5 heteroatoms. The van der Waals surface area contributed by atoms with E-state index < -0.39 is 0 Å². The predicted octanol–water partition coefficient (Wildman–Crippen LogP) is 2.37. The molecular formula is C19H19N3O2. The zero-order valence-corrected chi connectivity index (χ0v) is 13.5. The lowest BCUT2D eigenvalue weighted by Gasteiger charge is -2.07. The minimum Gasteiger partial charge on any atom is -0.352 e. The Hall–Kier alpha value is -2.95. The quantitative estimate of drug-likeness (QED) is 0.734. The van der Waals surface area contributed by atoms with E-state index in [0.717, 1.165) is 18.4 Å². The molecule has 3 aromatic rings. The second-order valence-electron chi connectivity index (χ2n) is 5.76. The molecule has 2 aromatic heterocycles. The van der Waals surface area contributed by atoms with Crippen LogP contribution in [0.15, 0.2) is 59.7 Å². The monoisotopic (exact) mass is 321 g/mol. The number of hydrogen-bond acceptors (Lipinski definition) is 3. The maximum absolute atomic E-state index is 12.4. The van der Waals surface area contributed by atoms with Gasteiger partial charge in [-0.15, -0.1) is 0 Å². The molecule has 0 atom stereocenters. The SMILES string of the molecule is Cc1ccc2ncc(C(=O)NCCCc3ccccc3)c(=O)n2c1. The fourth-order valence-corrected chi connectivity index (χ4v) is 2.57. The van der Waals surface area contributed by atoms with Crippen LogP contribution in [0.3, 0.4) is 0 Å². The number of pyridine rings is 1. The number of benzene rings is 1. The third-order valence-corrected chi connectivity index (χ3v) is 3.87. The van der Waals surface area contributed by atoms with E-state index in [4.69, 9.17) is 0 Å². The second-order valence-corrected chi connectivity index (χ2v) is 5.76. The van der Waals surface area contributed by atoms with Crippen molar-refractivity contribution in [1.29, 1.82) is 0 Å². The highest BCUT2D eigenvalue weighted by Crippen LogP contribution is 2.03. The van der Waals surface area contributed by atoms with E-state index in [0.29, 0.717) is 12.2 Å². The van der Waals surface area contributed by atoms with Gasteiger partial charge in [-0.1, -0.05) is 36.4 Å². The van der Waals surface area contributed by atoms with Crippen LogP contribution in [-0.2, 0) is 6.42 Å². The number of aryl methyl sites for hydroxylation is 2. The van der Waals surface area contributed by atoms with Crippen molar-refractivity contribution in [2.45, 2.75) is 19.8 Å². The third-order valence-electron chi connectivity index (χ3n) is 3.87. The molecule has 3 rings (SSSR count). The Morgan fingerprint density at radius 1 is 1.17 bits per heavy atom. The van der Waals surface area contributed by atoms with Crippen molar-refractivity contribution < 1.29 is 4.79 Å². The first-order valence-corrected chi connectivity index (χ1v) is 7.95. The fourth-order valence-electron chi connectivity index (χ4n) is 2.57. The number of nitrogens with zero attached hydrogens (tertiary/aromatic N) is 2. The third kappa shape index (κ3) is 3.51. The number of carbonyl (C=O) groups is 1. The zero-order valence-electron chi connectivity index (χ0n) is 13.5. The van der Waals surface area contributed by atoms with Gasteiger partial charge in [0.1, 0.15) is 11.2 Å². The molecule has 0 bridgehead atoms. The average Bonchev–Trinajstić information content (AvgIpc) is 2.60. The van der Waals surface area contributed by atoms with Crippen LogP contribution >= 0.6 is 0 Å². The zero-order chi connectivity index (χ0) is 16.9. The molecule has 2 heterocycles. The van der Waals surface area contributed by atoms with Crippen LogP contribution < -0.4 is 10.9 Å². The lowest BCUT2D eigenvalue weighted by molar-refractivity contribution is 0.0951. The molecule has 0 unspecified atom stereocenters. The lowest BCUT2D eigenvalue weighted by atomic mass is 10.1. The molecule has 0 aliphatic heterocycles. The predicted molar refractivity (Wildman–Crippen MR) is 93.3 cm³/mol. The molecule has 0 radical (unpaired) electrons. The van der Waals surface area contributed by atoms with Crippen LogP contribution in [0.1, 0.15) is 27.9 Å². The molecule has 0 aliphatic carbocycles. The lowest BCUT2D eigenvalue weighted by Crippen LogP contribution is -2.32. The van der Waals surface area contributed by atoms with Gasteiger partial charge >= 0.3 is 0 Å². The van der Waals surface area contributed by atoms with Gasteiger partial charge in [0.05, 0.1) is 0 Å². The van der Waals surface area contributed by atoms with Crippen LogP contribution in [0.4, 0.5) is 0 Å². The van der Waals surface area contributed by atoms with Crippen LogP contribution in [0.5, 0.6) is 0 Å². The summed E-state index contributed by atoms with van der Waals surface area (Å²) in [6, 6.07) is 13.7. The highest BCUT2D eigenvalue weighted by atomic mass is 16.2. The van der Waals surface area contributed by atoms with E-state index in [1.807, 2.05) is 31.2 Å². The van der Waals surface area contributed by atoms with Crippen LogP contribution in [-0.4, -0.2) is 21.8 Å². The number of nitrogens with one attached hydrogen (secondary N) is 1. The summed E-state index contributed by atoms with van der Waals surface area (Å²) in [4.78, 5) is 28.9. The Bertz CT molecular complexity index is 917. The number of fused-ring (bicyclic) bond motifs is 1. The smallest absolute Gasteiger partial charge is 0.270 e. The second kappa shape index (κ2) is 7.08. The van der Waals surface area contributed by atoms with E-state index in [9.17, 15) is 9.59 Å². The Labute approximate surface area is 140 Å². The van der Waals surface area contributed by atoms with Gasteiger partial charge in [0.25, 0.3) is 11.5 Å². The van der Waals surface area contributed by atoms with Crippen LogP contribution in [0.25, 0.3) is 5.65 Å². The van der Waals surface area contributed by atoms with Gasteiger partial charge in [0.2, 0.25) is 0 Å². The summed E-state index contributed by atoms with van der Waals surface area (Å²) in [5.74, 6) is -0.378. The molecule has 0 saturated heterocycles. The summed E-state index contributed by atoms with van der Waals surface area (Å²) in [5, 5.41) is 2.80. The topological polar surface area (TPSA) is 63.5 Å². The first kappa shape index (κ1) is 15.9. The molecule has 5 nitrogen and oxygen atoms in total. The molecule has 0 spiro atoms. The summed E-state index contributed by atoms with van der Waals surface area (Å²) >= 11 is 0. The van der Waals surface area contributed by atoms with E-state index in [2.05, 4.69) is 22.4 Å². The Kier molecular flexibility index (Phi) is 4.70. The van der Waals surface area contributed by atoms with Crippen molar-refractivity contribution >= 4 is 11.6 Å². The summed E-state index contributed by atoms with van der Waals surface area (Å²) in [6.45, 7) is 2.41. The summed E-state index contributed by atoms with van der Waals surface area (Å²) in [7, 11) is 0. The molecule has 24 heavy (non-hydrogen) atoms. The van der Waals surface area contributed by atoms with E-state index in [1.165, 1.54) is 16.2 Å². The van der Waals surface area contributed by atoms with E-state index in [-0.39, 0.29) is 17.0 Å². The number of aromatic nitrogens is 2. The number of rotatable bonds is 5. The standard InChI is InChI=1S/C19H19N3O2/c1-14-9-10-17-21-12-16(19(24)22(17)13-14)18(23)20-11-5-8-15-6-3-2-4-7-15/h2-4,6-7,9-10,12-13H,5,8,11H2,1H3,(H,20,23). The number of hydrogen-bond donors (Lipinski definition) is 1. The Morgan fingerprint density at radius 2 is 1.96 bits per heavy atom. The fraction of sp³-hybridized carbons (Fsp3) is 0.211. The molecule has 1 amide bonds. The molecule has 0 fully saturated rings. The number of carbonyl (C=O) groups excluding carboxylic acids is 1. The average molecular weight is 321 g/mol. The Morgan fingerprint density at radius 3 is 2.75 bits per heavy atom. The number of amides is 1. The minimum atomic E-state index is -0.378. The van der Waals surface area contributed by atoms with Gasteiger partial charge in [-0.3, -0.25) is 14.0 Å². The van der Waals surface area contributed by atoms with Gasteiger partial charge < -0.3 is 5.32 Å². The van der Waals surface area contributed by atoms with Crippen molar-refractivity contribution in [2.24, 2.45) is 0 Å². The van der Waals surface area contributed by atoms with Crippen molar-refractivity contribution in [2.75, 3.05) is 6.54 Å². The van der Waals surface area contributed by atoms with Crippen molar-refractivity contribution in [1.82, 2.24) is 14.7 Å². The first-order chi connectivity index (χ1) is 11.6. The molecule has 0 aliphatic rings. The highest BCUT2D eigenvalue weighted by Gasteiger charge is 2.12. The van der Waals surface area contributed by atoms with Gasteiger partial charge in [-0.05, 0) is 37.0 Å². The van der Waals surface area contributed by atoms with Gasteiger partial charge in [-0.25, -0.2) is 4.98 Å². The molecule has 1 N–H and O–H groups in total. The van der Waals surface area contributed by atoms with E-state index >= 15 is 0 Å². The van der Waals surface area contributed by atoms with Crippen LogP contribution in [0.2, 0.25) is 0 Å². The summed E-state index contributed by atoms with van der Waals surface area (Å²) in [6.07, 6.45) is 4.74. The van der Waals surface area contributed by atoms with Crippen molar-refractivity contribution in [3.63, 3.8) is 0 Å². The first-order valence-electron chi connectivity index (χ1n) is 7.95. The Balaban J connectivity index is 1.66. The largest absolute Gasteiger partial charge is 0.352 e. The van der Waals surface area contributed by atoms with Gasteiger partial charge in [0.15, 0.2) is 0 Å². The van der Waals surface area contributed by atoms with Crippen LogP contribution in [0, 0.1) is 6.92 Å². The highest BCUT2D eigenvalue weighted by molar-refractivity contribution is 5.93. The van der Waals surface area contributed by atoms with Crippen molar-refractivity contribution in [3.05, 3.63) is 81.9 Å². The normalized spacial score (nSPS) is 10.7. The summed E-state index contributed by atoms with van der Waals surface area (Å²) in [5.41, 5.74) is 2.43. The minimum absolute atomic E-state index is 0.0674.